The Bertz CT molecular complexity index is 942. The summed E-state index contributed by atoms with van der Waals surface area (Å²) in [5.41, 5.74) is 2.35. The zero-order valence-corrected chi connectivity index (χ0v) is 17.2. The fraction of sp³-hybridized carbons (Fsp3) is 0.450. The van der Waals surface area contributed by atoms with Crippen LogP contribution < -0.4 is 10.1 Å². The Morgan fingerprint density at radius 2 is 2.11 bits per heavy atom. The van der Waals surface area contributed by atoms with Gasteiger partial charge in [-0.05, 0) is 31.9 Å². The van der Waals surface area contributed by atoms with E-state index in [1.165, 1.54) is 5.56 Å². The molecule has 0 aliphatic heterocycles. The van der Waals surface area contributed by atoms with Gasteiger partial charge in [-0.1, -0.05) is 24.3 Å². The van der Waals surface area contributed by atoms with Gasteiger partial charge in [-0.2, -0.15) is 4.98 Å². The van der Waals surface area contributed by atoms with Crippen LogP contribution in [-0.4, -0.2) is 31.8 Å². The van der Waals surface area contributed by atoms with Crippen molar-refractivity contribution >= 4 is 17.2 Å². The molecule has 0 aromatic carbocycles. The Labute approximate surface area is 168 Å². The molecule has 7 nitrogen and oxygen atoms in total. The fourth-order valence-electron chi connectivity index (χ4n) is 3.06. The maximum atomic E-state index is 6.00. The van der Waals surface area contributed by atoms with Crippen molar-refractivity contribution in [2.45, 2.75) is 46.1 Å². The molecule has 28 heavy (non-hydrogen) atoms. The maximum absolute atomic E-state index is 6.00. The van der Waals surface area contributed by atoms with Crippen LogP contribution in [0.1, 0.15) is 46.4 Å². The van der Waals surface area contributed by atoms with E-state index in [0.717, 1.165) is 40.2 Å². The van der Waals surface area contributed by atoms with Gasteiger partial charge in [0.2, 0.25) is 5.88 Å². The van der Waals surface area contributed by atoms with Gasteiger partial charge in [0.1, 0.15) is 21.7 Å². The third kappa shape index (κ3) is 4.62. The topological polar surface area (TPSA) is 85.7 Å². The first-order chi connectivity index (χ1) is 13.6. The summed E-state index contributed by atoms with van der Waals surface area (Å²) in [7, 11) is 0. The van der Waals surface area contributed by atoms with Crippen molar-refractivity contribution in [3.63, 3.8) is 0 Å². The van der Waals surface area contributed by atoms with Crippen LogP contribution in [0.3, 0.4) is 0 Å². The minimum absolute atomic E-state index is 0.492. The molecule has 0 saturated heterocycles. The van der Waals surface area contributed by atoms with E-state index in [-0.39, 0.29) is 0 Å². The number of hydrogen-bond donors (Lipinski definition) is 1. The number of aryl methyl sites for hydroxylation is 3. The zero-order valence-electron chi connectivity index (χ0n) is 16.3. The first-order valence-corrected chi connectivity index (χ1v) is 10.4. The van der Waals surface area contributed by atoms with Crippen LogP contribution in [0.4, 0.5) is 5.82 Å². The molecule has 0 unspecified atom stereocenters. The van der Waals surface area contributed by atoms with Gasteiger partial charge in [0.05, 0.1) is 13.2 Å². The summed E-state index contributed by atoms with van der Waals surface area (Å²) in [6, 6.07) is 6.10. The predicted octanol–water partition coefficient (Wildman–Crippen LogP) is 3.70. The molecular weight excluding hydrogens is 372 g/mol. The van der Waals surface area contributed by atoms with E-state index < -0.39 is 0 Å². The molecule has 146 valence electrons. The molecule has 1 saturated carbocycles. The highest BCUT2D eigenvalue weighted by atomic mass is 32.1. The Hall–Kier alpha value is -2.61. The molecule has 0 amide bonds. The molecule has 8 heteroatoms. The van der Waals surface area contributed by atoms with Crippen LogP contribution in [0.5, 0.6) is 5.88 Å². The second-order valence-corrected chi connectivity index (χ2v) is 8.37. The van der Waals surface area contributed by atoms with Crippen molar-refractivity contribution in [1.29, 1.82) is 0 Å². The molecule has 3 aromatic heterocycles. The van der Waals surface area contributed by atoms with E-state index in [1.54, 1.807) is 11.3 Å². The minimum Gasteiger partial charge on any atom is -0.477 e. The Kier molecular flexibility index (Phi) is 5.47. The van der Waals surface area contributed by atoms with Crippen LogP contribution >= 0.6 is 11.3 Å². The smallest absolute Gasteiger partial charge is 0.218 e. The summed E-state index contributed by atoms with van der Waals surface area (Å²) in [5, 5.41) is 13.4. The van der Waals surface area contributed by atoms with E-state index in [9.17, 15) is 0 Å². The lowest BCUT2D eigenvalue weighted by atomic mass is 10.2. The van der Waals surface area contributed by atoms with E-state index >= 15 is 0 Å². The molecular formula is C20H24N6OS. The number of hydrogen-bond acceptors (Lipinski definition) is 8. The molecule has 1 N–H and O–H groups in total. The summed E-state index contributed by atoms with van der Waals surface area (Å²) in [6.45, 7) is 7.29. The SMILES string of the molecule is CCc1nc(NCc2nnc(C)s2)cc(OC[C@@H]2C[C@H]2c2ccc(C)cn2)n1. The summed E-state index contributed by atoms with van der Waals surface area (Å²) in [6.07, 6.45) is 3.80. The van der Waals surface area contributed by atoms with Crippen LogP contribution in [0.15, 0.2) is 24.4 Å². The number of anilines is 1. The van der Waals surface area contributed by atoms with Crippen molar-refractivity contribution in [2.24, 2.45) is 5.92 Å². The van der Waals surface area contributed by atoms with E-state index in [0.29, 0.717) is 30.9 Å². The van der Waals surface area contributed by atoms with Gasteiger partial charge >= 0.3 is 0 Å². The second kappa shape index (κ2) is 8.18. The average Bonchev–Trinajstić information content (AvgIpc) is 3.37. The van der Waals surface area contributed by atoms with Crippen molar-refractivity contribution < 1.29 is 4.74 Å². The lowest BCUT2D eigenvalue weighted by molar-refractivity contribution is 0.284. The van der Waals surface area contributed by atoms with Gasteiger partial charge in [-0.15, -0.1) is 10.2 Å². The largest absolute Gasteiger partial charge is 0.477 e. The Balaban J connectivity index is 1.35. The van der Waals surface area contributed by atoms with Crippen LogP contribution in [0.2, 0.25) is 0 Å². The summed E-state index contributed by atoms with van der Waals surface area (Å²) < 4.78 is 6.00. The first kappa shape index (κ1) is 18.7. The minimum atomic E-state index is 0.492. The number of nitrogens with one attached hydrogen (secondary N) is 1. The molecule has 3 heterocycles. The fourth-order valence-corrected chi connectivity index (χ4v) is 3.70. The van der Waals surface area contributed by atoms with Gasteiger partial charge in [0, 0.05) is 36.2 Å². The summed E-state index contributed by atoms with van der Waals surface area (Å²) >= 11 is 1.58. The predicted molar refractivity (Wildman–Crippen MR) is 109 cm³/mol. The lowest BCUT2D eigenvalue weighted by Gasteiger charge is -2.10. The molecule has 2 atom stereocenters. The number of nitrogens with zero attached hydrogens (tertiary/aromatic N) is 5. The molecule has 1 aliphatic carbocycles. The number of rotatable bonds is 8. The summed E-state index contributed by atoms with van der Waals surface area (Å²) in [5.74, 6) is 3.12. The monoisotopic (exact) mass is 396 g/mol. The molecule has 0 bridgehead atoms. The molecule has 1 aliphatic rings. The zero-order chi connectivity index (χ0) is 19.5. The first-order valence-electron chi connectivity index (χ1n) is 9.57. The van der Waals surface area contributed by atoms with Gasteiger partial charge < -0.3 is 10.1 Å². The molecule has 3 aromatic rings. The maximum Gasteiger partial charge on any atom is 0.218 e. The van der Waals surface area contributed by atoms with Crippen molar-refractivity contribution in [3.05, 3.63) is 51.5 Å². The molecule has 1 fully saturated rings. The van der Waals surface area contributed by atoms with E-state index in [2.05, 4.69) is 49.5 Å². The Morgan fingerprint density at radius 1 is 1.21 bits per heavy atom. The molecule has 0 spiro atoms. The Morgan fingerprint density at radius 3 is 2.82 bits per heavy atom. The normalized spacial score (nSPS) is 18.1. The molecule has 4 rings (SSSR count). The van der Waals surface area contributed by atoms with Gasteiger partial charge in [0.25, 0.3) is 0 Å². The second-order valence-electron chi connectivity index (χ2n) is 7.10. The van der Waals surface area contributed by atoms with Gasteiger partial charge in [-0.3, -0.25) is 4.98 Å². The highest BCUT2D eigenvalue weighted by Crippen LogP contribution is 2.46. The van der Waals surface area contributed by atoms with Crippen LogP contribution in [0, 0.1) is 19.8 Å². The highest BCUT2D eigenvalue weighted by Gasteiger charge is 2.40. The van der Waals surface area contributed by atoms with Crippen molar-refractivity contribution in [3.8, 4) is 5.88 Å². The van der Waals surface area contributed by atoms with E-state index in [4.69, 9.17) is 4.74 Å². The van der Waals surface area contributed by atoms with Crippen LogP contribution in [-0.2, 0) is 13.0 Å². The van der Waals surface area contributed by atoms with E-state index in [1.807, 2.05) is 26.1 Å². The average molecular weight is 397 g/mol. The van der Waals surface area contributed by atoms with Crippen molar-refractivity contribution in [2.75, 3.05) is 11.9 Å². The van der Waals surface area contributed by atoms with Crippen molar-refractivity contribution in [1.82, 2.24) is 25.1 Å². The molecule has 0 radical (unpaired) electrons. The number of aromatic nitrogens is 5. The number of pyridine rings is 1. The third-order valence-electron chi connectivity index (χ3n) is 4.74. The highest BCUT2D eigenvalue weighted by molar-refractivity contribution is 7.11. The third-order valence-corrected chi connectivity index (χ3v) is 5.57. The lowest BCUT2D eigenvalue weighted by Crippen LogP contribution is -2.08. The van der Waals surface area contributed by atoms with Gasteiger partial charge in [0.15, 0.2) is 0 Å². The quantitative estimate of drug-likeness (QED) is 0.621. The van der Waals surface area contributed by atoms with Crippen LogP contribution in [0.25, 0.3) is 0 Å². The van der Waals surface area contributed by atoms with Gasteiger partial charge in [-0.25, -0.2) is 4.98 Å². The summed E-state index contributed by atoms with van der Waals surface area (Å²) in [4.78, 5) is 13.6. The number of ether oxygens (including phenoxy) is 1. The standard InChI is InChI=1S/C20H24N6OS/c1-4-17-23-18(22-10-20-26-25-13(3)28-20)8-19(24-17)27-11-14-7-15(14)16-6-5-12(2)9-21-16/h5-6,8-9,14-15H,4,7,10-11H2,1-3H3,(H,22,23,24)/t14-,15+/m0/s1.